The summed E-state index contributed by atoms with van der Waals surface area (Å²) in [7, 11) is -2.74. The average molecular weight is 703 g/mol. The molecule has 3 N–H and O–H groups in total. The second kappa shape index (κ2) is 16.2. The van der Waals surface area contributed by atoms with Crippen LogP contribution in [-0.2, 0) is 30.7 Å². The number of hydrogen-bond donors (Lipinski definition) is 3. The Kier molecular flexibility index (Phi) is 12.0. The number of piperazine rings is 1. The number of ether oxygens (including phenoxy) is 2. The molecule has 0 radical (unpaired) electrons. The zero-order valence-electron chi connectivity index (χ0n) is 27.3. The van der Waals surface area contributed by atoms with Crippen LogP contribution in [0.1, 0.15) is 43.2 Å². The Morgan fingerprint density at radius 3 is 2.37 bits per heavy atom. The smallest absolute Gasteiger partial charge is 0.407 e. The number of rotatable bonds is 11. The third kappa shape index (κ3) is 8.61. The van der Waals surface area contributed by atoms with E-state index in [1.165, 1.54) is 34.6 Å². The van der Waals surface area contributed by atoms with E-state index in [1.807, 2.05) is 6.92 Å². The number of anilines is 1. The highest BCUT2D eigenvalue weighted by molar-refractivity contribution is 7.89. The van der Waals surface area contributed by atoms with E-state index < -0.39 is 57.5 Å². The lowest BCUT2D eigenvalue weighted by atomic mass is 9.76. The molecule has 2 fully saturated rings. The van der Waals surface area contributed by atoms with Gasteiger partial charge in [-0.25, -0.2) is 26.4 Å². The number of hydrogen-bond acceptors (Lipinski definition) is 7. The molecule has 0 spiro atoms. The van der Waals surface area contributed by atoms with Gasteiger partial charge in [0.15, 0.2) is 0 Å². The second-order valence-corrected chi connectivity index (χ2v) is 14.2. The first kappa shape index (κ1) is 36.3. The third-order valence-electron chi connectivity index (χ3n) is 9.18. The Hall–Kier alpha value is -3.98. The van der Waals surface area contributed by atoms with Gasteiger partial charge in [-0.3, -0.25) is 4.79 Å². The highest BCUT2D eigenvalue weighted by atomic mass is 32.2. The van der Waals surface area contributed by atoms with Crippen molar-refractivity contribution < 1.29 is 40.7 Å². The fourth-order valence-corrected chi connectivity index (χ4v) is 8.78. The zero-order valence-corrected chi connectivity index (χ0v) is 28.1. The quantitative estimate of drug-likeness (QED) is 0.258. The van der Waals surface area contributed by atoms with Crippen LogP contribution in [0.5, 0.6) is 0 Å². The normalized spacial score (nSPS) is 20.3. The van der Waals surface area contributed by atoms with Gasteiger partial charge in [0.25, 0.3) is 0 Å². The minimum Gasteiger partial charge on any atom is -0.453 e. The molecule has 2 amide bonds. The number of nitrogens with one attached hydrogen (secondary N) is 3. The van der Waals surface area contributed by atoms with Gasteiger partial charge in [0.1, 0.15) is 23.5 Å². The lowest BCUT2D eigenvalue weighted by Crippen LogP contribution is -2.58. The molecule has 0 aliphatic carbocycles. The summed E-state index contributed by atoms with van der Waals surface area (Å²) in [6, 6.07) is 13.0. The molecule has 264 valence electrons. The number of carbonyl (C=O) groups excluding carboxylic acids is 2. The molecule has 2 aliphatic rings. The van der Waals surface area contributed by atoms with Crippen molar-refractivity contribution in [2.75, 3.05) is 38.7 Å². The Labute approximate surface area is 284 Å². The van der Waals surface area contributed by atoms with Gasteiger partial charge in [0.05, 0.1) is 12.0 Å². The molecule has 2 aliphatic heterocycles. The van der Waals surface area contributed by atoms with Crippen LogP contribution in [0.15, 0.2) is 71.6 Å². The van der Waals surface area contributed by atoms with Gasteiger partial charge in [-0.15, -0.1) is 0 Å². The molecule has 14 heteroatoms. The maximum absolute atomic E-state index is 15.5. The van der Waals surface area contributed by atoms with Gasteiger partial charge in [-0.2, -0.15) is 4.31 Å². The summed E-state index contributed by atoms with van der Waals surface area (Å²) in [6.07, 6.45) is 0.264. The van der Waals surface area contributed by atoms with Crippen LogP contribution in [0.2, 0.25) is 0 Å². The molecule has 4 atom stereocenters. The zero-order chi connectivity index (χ0) is 35.1. The van der Waals surface area contributed by atoms with Crippen LogP contribution in [0.25, 0.3) is 0 Å². The van der Waals surface area contributed by atoms with Crippen molar-refractivity contribution in [2.24, 2.45) is 5.92 Å². The Bertz CT molecular complexity index is 1710. The minimum absolute atomic E-state index is 0.0652. The Morgan fingerprint density at radius 2 is 1.69 bits per heavy atom. The number of nitrogens with zero attached hydrogens (tertiary/aromatic N) is 1. The molecule has 0 aromatic heterocycles. The van der Waals surface area contributed by atoms with E-state index in [9.17, 15) is 26.8 Å². The summed E-state index contributed by atoms with van der Waals surface area (Å²) < 4.78 is 83.7. The highest BCUT2D eigenvalue weighted by Crippen LogP contribution is 2.37. The van der Waals surface area contributed by atoms with Crippen molar-refractivity contribution >= 4 is 27.7 Å². The van der Waals surface area contributed by atoms with Crippen molar-refractivity contribution in [2.45, 2.75) is 61.5 Å². The molecule has 49 heavy (non-hydrogen) atoms. The van der Waals surface area contributed by atoms with Crippen LogP contribution in [0, 0.1) is 23.4 Å². The number of benzene rings is 3. The number of carbonyl (C=O) groups is 2. The summed E-state index contributed by atoms with van der Waals surface area (Å²) in [5, 5.41) is 8.55. The summed E-state index contributed by atoms with van der Waals surface area (Å²) in [4.78, 5) is 26.9. The van der Waals surface area contributed by atoms with Crippen molar-refractivity contribution in [3.63, 3.8) is 0 Å². The van der Waals surface area contributed by atoms with E-state index in [2.05, 4.69) is 16.0 Å². The van der Waals surface area contributed by atoms with E-state index >= 15 is 4.39 Å². The molecular weight excluding hydrogens is 661 g/mol. The molecule has 2 heterocycles. The molecule has 0 bridgehead atoms. The summed E-state index contributed by atoms with van der Waals surface area (Å²) in [5.41, 5.74) is 0.425. The van der Waals surface area contributed by atoms with Crippen molar-refractivity contribution in [3.8, 4) is 0 Å². The van der Waals surface area contributed by atoms with E-state index in [1.54, 1.807) is 18.2 Å². The Morgan fingerprint density at radius 1 is 1.00 bits per heavy atom. The number of amides is 2. The number of alkyl carbamates (subject to hydrolysis) is 1. The van der Waals surface area contributed by atoms with E-state index in [0.717, 1.165) is 25.3 Å². The predicted octanol–water partition coefficient (Wildman–Crippen LogP) is 4.96. The van der Waals surface area contributed by atoms with Gasteiger partial charge in [-0.1, -0.05) is 24.3 Å². The minimum atomic E-state index is -3.87. The van der Waals surface area contributed by atoms with Gasteiger partial charge >= 0.3 is 6.09 Å². The fraction of sp³-hybridized carbons (Fsp3) is 0.429. The van der Waals surface area contributed by atoms with Gasteiger partial charge in [-0.05, 0) is 80.5 Å². The molecule has 3 aromatic carbocycles. The predicted molar refractivity (Wildman–Crippen MR) is 177 cm³/mol. The topological polar surface area (TPSA) is 126 Å². The maximum atomic E-state index is 15.5. The van der Waals surface area contributed by atoms with Crippen LogP contribution < -0.4 is 16.0 Å². The Balaban J connectivity index is 1.44. The molecule has 2 saturated heterocycles. The molecular formula is C35H41F3N4O6S. The van der Waals surface area contributed by atoms with Crippen molar-refractivity contribution in [3.05, 3.63) is 95.3 Å². The van der Waals surface area contributed by atoms with E-state index in [4.69, 9.17) is 9.47 Å². The number of methoxy groups -OCH3 is 1. The molecule has 3 aromatic rings. The molecule has 1 unspecified atom stereocenters. The molecule has 5 rings (SSSR count). The number of sulfonamides is 1. The summed E-state index contributed by atoms with van der Waals surface area (Å²) in [5.74, 6) is -4.25. The van der Waals surface area contributed by atoms with Gasteiger partial charge < -0.3 is 25.4 Å². The SMILES string of the molecule is COC(=O)N[C@H](C(=O)Nc1cccc(F)c1CCC1CNC[C@H](C)N1S(=O)(=O)c1ccccc1)[C@@H](c1cc(F)cc(F)c1)C1CCOCC1. The van der Waals surface area contributed by atoms with Gasteiger partial charge in [0.2, 0.25) is 15.9 Å². The summed E-state index contributed by atoms with van der Waals surface area (Å²) >= 11 is 0. The molecule has 10 nitrogen and oxygen atoms in total. The van der Waals surface area contributed by atoms with Crippen molar-refractivity contribution in [1.82, 2.24) is 14.9 Å². The molecule has 0 saturated carbocycles. The standard InChI is InChI=1S/C35H41F3N4O6S/c1-22-20-39-21-27(42(22)49(45,46)28-7-4-3-5-8-28)11-12-29-30(38)9-6-10-31(29)40-34(43)33(41-35(44)47-2)32(23-13-15-48-16-14-23)24-17-25(36)19-26(37)18-24/h3-10,17-19,22-23,27,32-33,39H,11-16,20-21H2,1-2H3,(H,40,43)(H,41,44)/t22-,27?,32+,33-/m0/s1. The third-order valence-corrected chi connectivity index (χ3v) is 11.3. The van der Waals surface area contributed by atoms with Crippen LogP contribution in [-0.4, -0.2) is 76.3 Å². The fourth-order valence-electron chi connectivity index (χ4n) is 6.91. The lowest BCUT2D eigenvalue weighted by molar-refractivity contribution is -0.119. The maximum Gasteiger partial charge on any atom is 0.407 e. The van der Waals surface area contributed by atoms with Crippen LogP contribution in [0.4, 0.5) is 23.7 Å². The van der Waals surface area contributed by atoms with Crippen LogP contribution in [0.3, 0.4) is 0 Å². The highest BCUT2D eigenvalue weighted by Gasteiger charge is 2.40. The first-order chi connectivity index (χ1) is 23.5. The second-order valence-electron chi connectivity index (χ2n) is 12.4. The van der Waals surface area contributed by atoms with Gasteiger partial charge in [0, 0.05) is 61.6 Å². The largest absolute Gasteiger partial charge is 0.453 e. The average Bonchev–Trinajstić information content (AvgIpc) is 3.08. The first-order valence-electron chi connectivity index (χ1n) is 16.3. The van der Waals surface area contributed by atoms with Crippen molar-refractivity contribution in [1.29, 1.82) is 0 Å². The van der Waals surface area contributed by atoms with Crippen LogP contribution >= 0.6 is 0 Å². The van der Waals surface area contributed by atoms with E-state index in [0.29, 0.717) is 39.1 Å². The van der Waals surface area contributed by atoms with E-state index in [-0.39, 0.29) is 46.5 Å². The number of halogens is 3. The lowest BCUT2D eigenvalue weighted by Gasteiger charge is -2.40. The first-order valence-corrected chi connectivity index (χ1v) is 17.7. The summed E-state index contributed by atoms with van der Waals surface area (Å²) in [6.45, 7) is 3.30. The monoisotopic (exact) mass is 702 g/mol.